The fraction of sp³-hybridized carbons (Fsp3) is 0.200. The van der Waals surface area contributed by atoms with Crippen molar-refractivity contribution in [2.75, 3.05) is 6.26 Å². The molecular weight excluding hydrogens is 285 g/mol. The summed E-state index contributed by atoms with van der Waals surface area (Å²) in [5, 5.41) is 10.3. The SMILES string of the molecule is CSc1cc(C(F)(F)F)ccc1C(O)c1ccccc1. The Hall–Kier alpha value is -1.46. The van der Waals surface area contributed by atoms with Gasteiger partial charge in [-0.2, -0.15) is 13.2 Å². The quantitative estimate of drug-likeness (QED) is 0.841. The van der Waals surface area contributed by atoms with Crippen LogP contribution in [0.15, 0.2) is 53.4 Å². The zero-order chi connectivity index (χ0) is 14.8. The van der Waals surface area contributed by atoms with Crippen LogP contribution in [0.4, 0.5) is 13.2 Å². The number of rotatable bonds is 3. The van der Waals surface area contributed by atoms with E-state index in [1.54, 1.807) is 30.5 Å². The molecule has 0 saturated heterocycles. The topological polar surface area (TPSA) is 20.2 Å². The Morgan fingerprint density at radius 3 is 2.25 bits per heavy atom. The first kappa shape index (κ1) is 14.9. The van der Waals surface area contributed by atoms with E-state index in [0.717, 1.165) is 12.1 Å². The van der Waals surface area contributed by atoms with Crippen LogP contribution >= 0.6 is 11.8 Å². The molecule has 2 aromatic rings. The molecule has 0 aliphatic rings. The summed E-state index contributed by atoms with van der Waals surface area (Å²) in [7, 11) is 0. The minimum atomic E-state index is -4.37. The molecule has 2 aromatic carbocycles. The zero-order valence-electron chi connectivity index (χ0n) is 10.7. The van der Waals surface area contributed by atoms with E-state index in [-0.39, 0.29) is 0 Å². The summed E-state index contributed by atoms with van der Waals surface area (Å²) >= 11 is 1.19. The van der Waals surface area contributed by atoms with E-state index in [1.165, 1.54) is 17.8 Å². The minimum Gasteiger partial charge on any atom is -0.384 e. The highest BCUT2D eigenvalue weighted by Gasteiger charge is 2.31. The van der Waals surface area contributed by atoms with E-state index in [0.29, 0.717) is 16.0 Å². The standard InChI is InChI=1S/C15H13F3OS/c1-20-13-9-11(15(16,17)18)7-8-12(13)14(19)10-5-3-2-4-6-10/h2-9,14,19H,1H3. The fourth-order valence-corrected chi connectivity index (χ4v) is 2.59. The molecule has 1 atom stereocenters. The lowest BCUT2D eigenvalue weighted by atomic mass is 10.00. The summed E-state index contributed by atoms with van der Waals surface area (Å²) in [6.45, 7) is 0. The number of hydrogen-bond acceptors (Lipinski definition) is 2. The minimum absolute atomic E-state index is 0.427. The Bertz CT molecular complexity index is 581. The van der Waals surface area contributed by atoms with Crippen molar-refractivity contribution in [3.8, 4) is 0 Å². The molecule has 0 heterocycles. The molecule has 0 radical (unpaired) electrons. The van der Waals surface area contributed by atoms with Crippen LogP contribution < -0.4 is 0 Å². The largest absolute Gasteiger partial charge is 0.416 e. The molecule has 0 spiro atoms. The molecule has 0 amide bonds. The first-order valence-electron chi connectivity index (χ1n) is 5.91. The van der Waals surface area contributed by atoms with Gasteiger partial charge in [0.15, 0.2) is 0 Å². The average molecular weight is 298 g/mol. The molecule has 20 heavy (non-hydrogen) atoms. The molecule has 2 rings (SSSR count). The van der Waals surface area contributed by atoms with Gasteiger partial charge in [-0.1, -0.05) is 36.4 Å². The normalized spacial score (nSPS) is 13.2. The van der Waals surface area contributed by atoms with Crippen LogP contribution in [0.5, 0.6) is 0 Å². The predicted octanol–water partition coefficient (Wildman–Crippen LogP) is 4.51. The maximum Gasteiger partial charge on any atom is 0.416 e. The Morgan fingerprint density at radius 2 is 1.70 bits per heavy atom. The number of aliphatic hydroxyl groups excluding tert-OH is 1. The van der Waals surface area contributed by atoms with Crippen molar-refractivity contribution >= 4 is 11.8 Å². The van der Waals surface area contributed by atoms with Gasteiger partial charge in [0.2, 0.25) is 0 Å². The van der Waals surface area contributed by atoms with Crippen molar-refractivity contribution in [3.63, 3.8) is 0 Å². The van der Waals surface area contributed by atoms with Gasteiger partial charge in [0.25, 0.3) is 0 Å². The summed E-state index contributed by atoms with van der Waals surface area (Å²) in [6, 6.07) is 12.3. The molecule has 0 aromatic heterocycles. The number of halogens is 3. The zero-order valence-corrected chi connectivity index (χ0v) is 11.5. The van der Waals surface area contributed by atoms with Crippen LogP contribution in [0.25, 0.3) is 0 Å². The van der Waals surface area contributed by atoms with Crippen LogP contribution in [-0.2, 0) is 6.18 Å². The lowest BCUT2D eigenvalue weighted by Gasteiger charge is -2.17. The van der Waals surface area contributed by atoms with Crippen molar-refractivity contribution in [3.05, 3.63) is 65.2 Å². The molecular formula is C15H13F3OS. The Balaban J connectivity index is 2.42. The smallest absolute Gasteiger partial charge is 0.384 e. The monoisotopic (exact) mass is 298 g/mol. The number of benzene rings is 2. The van der Waals surface area contributed by atoms with Crippen molar-refractivity contribution < 1.29 is 18.3 Å². The fourth-order valence-electron chi connectivity index (χ4n) is 1.93. The summed E-state index contributed by atoms with van der Waals surface area (Å²) < 4.78 is 38.1. The van der Waals surface area contributed by atoms with Crippen LogP contribution in [0.2, 0.25) is 0 Å². The van der Waals surface area contributed by atoms with E-state index < -0.39 is 17.8 Å². The number of hydrogen-bond donors (Lipinski definition) is 1. The molecule has 0 fully saturated rings. The van der Waals surface area contributed by atoms with E-state index >= 15 is 0 Å². The van der Waals surface area contributed by atoms with Gasteiger partial charge in [-0.25, -0.2) is 0 Å². The first-order valence-corrected chi connectivity index (χ1v) is 7.14. The molecule has 0 bridgehead atoms. The number of thioether (sulfide) groups is 1. The maximum atomic E-state index is 12.7. The van der Waals surface area contributed by atoms with Crippen molar-refractivity contribution in [1.29, 1.82) is 0 Å². The third-order valence-electron chi connectivity index (χ3n) is 2.97. The first-order chi connectivity index (χ1) is 9.43. The Morgan fingerprint density at radius 1 is 1.05 bits per heavy atom. The highest BCUT2D eigenvalue weighted by Crippen LogP contribution is 2.36. The second-order valence-corrected chi connectivity index (χ2v) is 5.12. The average Bonchev–Trinajstić information content (AvgIpc) is 2.45. The van der Waals surface area contributed by atoms with E-state index in [1.807, 2.05) is 6.07 Å². The predicted molar refractivity (Wildman–Crippen MR) is 73.7 cm³/mol. The second kappa shape index (κ2) is 5.89. The van der Waals surface area contributed by atoms with Crippen molar-refractivity contribution in [2.45, 2.75) is 17.2 Å². The molecule has 0 aliphatic carbocycles. The van der Waals surface area contributed by atoms with E-state index in [9.17, 15) is 18.3 Å². The summed E-state index contributed by atoms with van der Waals surface area (Å²) in [5.74, 6) is 0. The van der Waals surface area contributed by atoms with Gasteiger partial charge in [-0.15, -0.1) is 11.8 Å². The summed E-state index contributed by atoms with van der Waals surface area (Å²) in [6.07, 6.45) is -3.61. The number of aliphatic hydroxyl groups is 1. The molecule has 106 valence electrons. The highest BCUT2D eigenvalue weighted by atomic mass is 32.2. The van der Waals surface area contributed by atoms with Crippen LogP contribution in [-0.4, -0.2) is 11.4 Å². The van der Waals surface area contributed by atoms with Gasteiger partial charge in [0.05, 0.1) is 5.56 Å². The van der Waals surface area contributed by atoms with E-state index in [4.69, 9.17) is 0 Å². The lowest BCUT2D eigenvalue weighted by Crippen LogP contribution is -2.07. The van der Waals surface area contributed by atoms with Gasteiger partial charge < -0.3 is 5.11 Å². The van der Waals surface area contributed by atoms with Crippen LogP contribution in [0.3, 0.4) is 0 Å². The third kappa shape index (κ3) is 3.16. The maximum absolute atomic E-state index is 12.7. The molecule has 5 heteroatoms. The summed E-state index contributed by atoms with van der Waals surface area (Å²) in [4.78, 5) is 0.427. The Labute approximate surface area is 119 Å². The van der Waals surface area contributed by atoms with Gasteiger partial charge >= 0.3 is 6.18 Å². The van der Waals surface area contributed by atoms with Gasteiger partial charge in [-0.3, -0.25) is 0 Å². The second-order valence-electron chi connectivity index (χ2n) is 4.27. The van der Waals surface area contributed by atoms with Crippen molar-refractivity contribution in [2.24, 2.45) is 0 Å². The van der Waals surface area contributed by atoms with Gasteiger partial charge in [0, 0.05) is 4.90 Å². The molecule has 0 aliphatic heterocycles. The summed E-state index contributed by atoms with van der Waals surface area (Å²) in [5.41, 5.74) is 0.435. The van der Waals surface area contributed by atoms with Crippen molar-refractivity contribution in [1.82, 2.24) is 0 Å². The molecule has 1 unspecified atom stereocenters. The molecule has 0 saturated carbocycles. The van der Waals surface area contributed by atoms with Crippen LogP contribution in [0, 0.1) is 0 Å². The third-order valence-corrected chi connectivity index (χ3v) is 3.76. The van der Waals surface area contributed by atoms with Crippen LogP contribution in [0.1, 0.15) is 22.8 Å². The Kier molecular flexibility index (Phi) is 4.40. The lowest BCUT2D eigenvalue weighted by molar-refractivity contribution is -0.137. The number of alkyl halides is 3. The molecule has 1 N–H and O–H groups in total. The van der Waals surface area contributed by atoms with E-state index in [2.05, 4.69) is 0 Å². The molecule has 1 nitrogen and oxygen atoms in total. The van der Waals surface area contributed by atoms with Gasteiger partial charge in [0.1, 0.15) is 6.10 Å². The highest BCUT2D eigenvalue weighted by molar-refractivity contribution is 7.98. The van der Waals surface area contributed by atoms with Gasteiger partial charge in [-0.05, 0) is 29.5 Å².